The van der Waals surface area contributed by atoms with E-state index in [0.717, 1.165) is 18.2 Å². The average molecular weight is 227 g/mol. The van der Waals surface area contributed by atoms with Gasteiger partial charge in [0.25, 0.3) is 0 Å². The molecule has 0 saturated heterocycles. The minimum absolute atomic E-state index is 0.347. The standard InChI is InChI=1S/C10H7F2NO3/c11-6-1-2-7(12)8(5-6)13-9(14)3-4-10(15)16/h1-5H,(H,13,14)(H,15,16)/b4-3+. The molecule has 1 amide bonds. The Labute approximate surface area is 89.2 Å². The average Bonchev–Trinajstić information content (AvgIpc) is 2.20. The second-order valence-electron chi connectivity index (χ2n) is 2.78. The highest BCUT2D eigenvalue weighted by atomic mass is 19.1. The van der Waals surface area contributed by atoms with Gasteiger partial charge in [-0.15, -0.1) is 0 Å². The van der Waals surface area contributed by atoms with Crippen molar-refractivity contribution in [1.29, 1.82) is 0 Å². The van der Waals surface area contributed by atoms with Crippen LogP contribution < -0.4 is 5.32 Å². The van der Waals surface area contributed by atoms with Crippen molar-refractivity contribution >= 4 is 17.6 Å². The second kappa shape index (κ2) is 5.01. The Morgan fingerprint density at radius 2 is 1.94 bits per heavy atom. The molecule has 2 N–H and O–H groups in total. The van der Waals surface area contributed by atoms with Crippen LogP contribution in [0.2, 0.25) is 0 Å². The maximum Gasteiger partial charge on any atom is 0.328 e. The topological polar surface area (TPSA) is 66.4 Å². The van der Waals surface area contributed by atoms with E-state index in [2.05, 4.69) is 0 Å². The van der Waals surface area contributed by atoms with E-state index in [1.807, 2.05) is 5.32 Å². The number of amides is 1. The number of anilines is 1. The predicted molar refractivity (Wildman–Crippen MR) is 51.8 cm³/mol. The summed E-state index contributed by atoms with van der Waals surface area (Å²) in [5.74, 6) is -3.68. The summed E-state index contributed by atoms with van der Waals surface area (Å²) >= 11 is 0. The number of hydrogen-bond acceptors (Lipinski definition) is 2. The molecule has 0 aromatic heterocycles. The molecule has 16 heavy (non-hydrogen) atoms. The van der Waals surface area contributed by atoms with Gasteiger partial charge in [0.05, 0.1) is 5.69 Å². The van der Waals surface area contributed by atoms with E-state index in [1.54, 1.807) is 0 Å². The molecule has 0 bridgehead atoms. The highest BCUT2D eigenvalue weighted by Gasteiger charge is 2.06. The van der Waals surface area contributed by atoms with Gasteiger partial charge in [-0.3, -0.25) is 4.79 Å². The molecule has 0 aliphatic carbocycles. The number of carbonyl (C=O) groups excluding carboxylic acids is 1. The quantitative estimate of drug-likeness (QED) is 0.770. The molecule has 0 unspecified atom stereocenters. The van der Waals surface area contributed by atoms with Crippen LogP contribution in [0, 0.1) is 11.6 Å². The highest BCUT2D eigenvalue weighted by Crippen LogP contribution is 2.14. The van der Waals surface area contributed by atoms with Crippen LogP contribution in [0.1, 0.15) is 0 Å². The van der Waals surface area contributed by atoms with E-state index in [0.29, 0.717) is 12.2 Å². The van der Waals surface area contributed by atoms with Crippen LogP contribution in [0.15, 0.2) is 30.4 Å². The molecule has 0 spiro atoms. The lowest BCUT2D eigenvalue weighted by atomic mass is 10.3. The summed E-state index contributed by atoms with van der Waals surface area (Å²) in [6.07, 6.45) is 1.29. The summed E-state index contributed by atoms with van der Waals surface area (Å²) in [7, 11) is 0. The first-order valence-corrected chi connectivity index (χ1v) is 4.16. The molecule has 0 heterocycles. The molecule has 1 rings (SSSR count). The molecule has 0 radical (unpaired) electrons. The third kappa shape index (κ3) is 3.49. The van der Waals surface area contributed by atoms with Crippen LogP contribution in [0.4, 0.5) is 14.5 Å². The minimum Gasteiger partial charge on any atom is -0.478 e. The number of aliphatic carboxylic acids is 1. The summed E-state index contributed by atoms with van der Waals surface area (Å²) in [5.41, 5.74) is -0.347. The van der Waals surface area contributed by atoms with Gasteiger partial charge in [0.1, 0.15) is 11.6 Å². The molecule has 0 aliphatic heterocycles. The van der Waals surface area contributed by atoms with E-state index >= 15 is 0 Å². The second-order valence-corrected chi connectivity index (χ2v) is 2.78. The summed E-state index contributed by atoms with van der Waals surface area (Å²) in [6, 6.07) is 2.55. The van der Waals surface area contributed by atoms with E-state index in [-0.39, 0.29) is 5.69 Å². The molecule has 0 fully saturated rings. The molecular weight excluding hydrogens is 220 g/mol. The van der Waals surface area contributed by atoms with E-state index in [1.165, 1.54) is 0 Å². The minimum atomic E-state index is -1.31. The van der Waals surface area contributed by atoms with Gasteiger partial charge in [0.2, 0.25) is 5.91 Å². The van der Waals surface area contributed by atoms with Gasteiger partial charge in [-0.1, -0.05) is 0 Å². The van der Waals surface area contributed by atoms with Gasteiger partial charge < -0.3 is 10.4 Å². The maximum atomic E-state index is 13.0. The predicted octanol–water partition coefficient (Wildman–Crippen LogP) is 1.54. The van der Waals surface area contributed by atoms with Gasteiger partial charge in [-0.05, 0) is 12.1 Å². The number of carboxylic acids is 1. The van der Waals surface area contributed by atoms with Crippen molar-refractivity contribution in [3.05, 3.63) is 42.0 Å². The molecule has 6 heteroatoms. The van der Waals surface area contributed by atoms with Crippen molar-refractivity contribution < 1.29 is 23.5 Å². The number of carboxylic acid groups (broad SMARTS) is 1. The van der Waals surface area contributed by atoms with Crippen LogP contribution in [-0.4, -0.2) is 17.0 Å². The Balaban J connectivity index is 2.77. The molecule has 1 aromatic rings. The normalized spacial score (nSPS) is 10.4. The Bertz CT molecular complexity index is 457. The van der Waals surface area contributed by atoms with Crippen molar-refractivity contribution in [3.63, 3.8) is 0 Å². The van der Waals surface area contributed by atoms with Gasteiger partial charge in [0.15, 0.2) is 0 Å². The Hall–Kier alpha value is -2.24. The fraction of sp³-hybridized carbons (Fsp3) is 0. The van der Waals surface area contributed by atoms with Crippen LogP contribution in [0.3, 0.4) is 0 Å². The summed E-state index contributed by atoms with van der Waals surface area (Å²) in [6.45, 7) is 0. The zero-order valence-corrected chi connectivity index (χ0v) is 7.91. The molecule has 1 aromatic carbocycles. The smallest absolute Gasteiger partial charge is 0.328 e. The monoisotopic (exact) mass is 227 g/mol. The number of carbonyl (C=O) groups is 2. The molecule has 84 valence electrons. The first-order chi connectivity index (χ1) is 7.49. The van der Waals surface area contributed by atoms with Crippen LogP contribution in [-0.2, 0) is 9.59 Å². The zero-order chi connectivity index (χ0) is 12.1. The lowest BCUT2D eigenvalue weighted by Crippen LogP contribution is -2.10. The Kier molecular flexibility index (Phi) is 3.71. The summed E-state index contributed by atoms with van der Waals surface area (Å²) < 4.78 is 25.7. The molecule has 0 aliphatic rings. The van der Waals surface area contributed by atoms with Crippen molar-refractivity contribution in [1.82, 2.24) is 0 Å². The molecular formula is C10H7F2NO3. The van der Waals surface area contributed by atoms with Gasteiger partial charge >= 0.3 is 5.97 Å². The van der Waals surface area contributed by atoms with Crippen molar-refractivity contribution in [2.24, 2.45) is 0 Å². The third-order valence-electron chi connectivity index (χ3n) is 1.56. The molecule has 4 nitrogen and oxygen atoms in total. The lowest BCUT2D eigenvalue weighted by Gasteiger charge is -2.03. The number of hydrogen-bond donors (Lipinski definition) is 2. The first kappa shape index (κ1) is 11.8. The van der Waals surface area contributed by atoms with Crippen LogP contribution in [0.5, 0.6) is 0 Å². The Morgan fingerprint density at radius 3 is 2.56 bits per heavy atom. The fourth-order valence-corrected chi connectivity index (χ4v) is 0.915. The van der Waals surface area contributed by atoms with Gasteiger partial charge in [-0.2, -0.15) is 0 Å². The van der Waals surface area contributed by atoms with Crippen molar-refractivity contribution in [2.45, 2.75) is 0 Å². The fourth-order valence-electron chi connectivity index (χ4n) is 0.915. The van der Waals surface area contributed by atoms with E-state index in [9.17, 15) is 18.4 Å². The largest absolute Gasteiger partial charge is 0.478 e. The van der Waals surface area contributed by atoms with Crippen LogP contribution in [0.25, 0.3) is 0 Å². The first-order valence-electron chi connectivity index (χ1n) is 4.16. The number of nitrogens with one attached hydrogen (secondary N) is 1. The van der Waals surface area contributed by atoms with Gasteiger partial charge in [0, 0.05) is 18.2 Å². The summed E-state index contributed by atoms with van der Waals surface area (Å²) in [5, 5.41) is 10.2. The maximum absolute atomic E-state index is 13.0. The molecule has 0 atom stereocenters. The van der Waals surface area contributed by atoms with Crippen LogP contribution >= 0.6 is 0 Å². The van der Waals surface area contributed by atoms with Crippen molar-refractivity contribution in [3.8, 4) is 0 Å². The van der Waals surface area contributed by atoms with E-state index in [4.69, 9.17) is 5.11 Å². The third-order valence-corrected chi connectivity index (χ3v) is 1.56. The number of halogens is 2. The van der Waals surface area contributed by atoms with E-state index < -0.39 is 23.5 Å². The highest BCUT2D eigenvalue weighted by molar-refractivity contribution is 6.02. The SMILES string of the molecule is O=C(O)/C=C/C(=O)Nc1cc(F)ccc1F. The lowest BCUT2D eigenvalue weighted by molar-refractivity contribution is -0.131. The zero-order valence-electron chi connectivity index (χ0n) is 7.91. The van der Waals surface area contributed by atoms with Gasteiger partial charge in [-0.25, -0.2) is 13.6 Å². The molecule has 0 saturated carbocycles. The number of rotatable bonds is 3. The van der Waals surface area contributed by atoms with Crippen molar-refractivity contribution in [2.75, 3.05) is 5.32 Å². The Morgan fingerprint density at radius 1 is 1.25 bits per heavy atom. The summed E-state index contributed by atoms with van der Waals surface area (Å²) in [4.78, 5) is 21.1. The number of benzene rings is 1.